The number of Topliss-reactive ketones (excluding diaryl/α,β-unsaturated/α-hetero) is 1. The van der Waals surface area contributed by atoms with Crippen LogP contribution in [-0.2, 0) is 4.79 Å². The molecule has 0 aliphatic rings. The van der Waals surface area contributed by atoms with Gasteiger partial charge in [0, 0.05) is 17.4 Å². The van der Waals surface area contributed by atoms with Gasteiger partial charge in [-0.3, -0.25) is 14.6 Å². The second-order valence-corrected chi connectivity index (χ2v) is 5.74. The van der Waals surface area contributed by atoms with Crippen LogP contribution in [0.1, 0.15) is 42.1 Å². The summed E-state index contributed by atoms with van der Waals surface area (Å²) < 4.78 is 13.2. The number of nitriles is 1. The molecule has 1 aromatic carbocycles. The van der Waals surface area contributed by atoms with E-state index in [1.807, 2.05) is 12.1 Å². The lowest BCUT2D eigenvalue weighted by Gasteiger charge is -2.12. The zero-order chi connectivity index (χ0) is 18.4. The Kier molecular flexibility index (Phi) is 5.96. The molecule has 0 unspecified atom stereocenters. The molecule has 2 rings (SSSR count). The van der Waals surface area contributed by atoms with Gasteiger partial charge in [0.2, 0.25) is 5.91 Å². The fourth-order valence-electron chi connectivity index (χ4n) is 2.29. The molecule has 2 aromatic rings. The van der Waals surface area contributed by atoms with Crippen molar-refractivity contribution in [3.63, 3.8) is 0 Å². The van der Waals surface area contributed by atoms with Crippen LogP contribution in [0.2, 0.25) is 0 Å². The maximum atomic E-state index is 13.2. The lowest BCUT2D eigenvalue weighted by atomic mass is 9.98. The van der Waals surface area contributed by atoms with E-state index in [9.17, 15) is 19.2 Å². The van der Waals surface area contributed by atoms with Crippen LogP contribution in [0, 0.1) is 23.1 Å². The van der Waals surface area contributed by atoms with Crippen molar-refractivity contribution in [3.8, 4) is 6.07 Å². The van der Waals surface area contributed by atoms with Gasteiger partial charge in [-0.1, -0.05) is 26.0 Å². The number of carbonyl (C=O) groups is 2. The predicted octanol–water partition coefficient (Wildman–Crippen LogP) is 3.70. The third-order valence-corrected chi connectivity index (χ3v) is 4.00. The van der Waals surface area contributed by atoms with Gasteiger partial charge < -0.3 is 5.32 Å². The van der Waals surface area contributed by atoms with Crippen molar-refractivity contribution < 1.29 is 14.0 Å². The first-order valence-electron chi connectivity index (χ1n) is 7.91. The van der Waals surface area contributed by atoms with E-state index in [1.165, 1.54) is 0 Å². The molecule has 0 radical (unpaired) electrons. The molecule has 5 nitrogen and oxygen atoms in total. The number of anilines is 1. The van der Waals surface area contributed by atoms with Gasteiger partial charge in [-0.2, -0.15) is 5.26 Å². The number of nitrogens with one attached hydrogen (secondary N) is 1. The molecule has 6 heteroatoms. The maximum absolute atomic E-state index is 13.2. The lowest BCUT2D eigenvalue weighted by Crippen LogP contribution is -2.28. The quantitative estimate of drug-likeness (QED) is 0.642. The fraction of sp³-hybridized carbons (Fsp3) is 0.263. The van der Waals surface area contributed by atoms with Crippen LogP contribution in [-0.4, -0.2) is 16.7 Å². The normalized spacial score (nSPS) is 12.7. The average molecular weight is 339 g/mol. The molecule has 0 aliphatic heterocycles. The molecule has 1 N–H and O–H groups in total. The van der Waals surface area contributed by atoms with E-state index in [2.05, 4.69) is 24.1 Å². The number of halogens is 1. The summed E-state index contributed by atoms with van der Waals surface area (Å²) >= 11 is 0. The van der Waals surface area contributed by atoms with Crippen LogP contribution in [0.5, 0.6) is 0 Å². The zero-order valence-electron chi connectivity index (χ0n) is 14.0. The Morgan fingerprint density at radius 2 is 1.96 bits per heavy atom. The lowest BCUT2D eigenvalue weighted by molar-refractivity contribution is -0.117. The molecule has 0 saturated carbocycles. The summed E-state index contributed by atoms with van der Waals surface area (Å²) in [5.41, 5.74) is 1.51. The van der Waals surface area contributed by atoms with E-state index < -0.39 is 23.4 Å². The summed E-state index contributed by atoms with van der Waals surface area (Å²) in [5.74, 6) is -3.42. The number of aromatic nitrogens is 1. The highest BCUT2D eigenvalue weighted by molar-refractivity contribution is 6.15. The topological polar surface area (TPSA) is 82.9 Å². The van der Waals surface area contributed by atoms with E-state index in [-0.39, 0.29) is 5.56 Å². The van der Waals surface area contributed by atoms with Gasteiger partial charge in [-0.15, -0.1) is 0 Å². The van der Waals surface area contributed by atoms with Crippen LogP contribution in [0.25, 0.3) is 0 Å². The molecule has 1 aromatic heterocycles. The summed E-state index contributed by atoms with van der Waals surface area (Å²) in [7, 11) is 0. The minimum Gasteiger partial charge on any atom is -0.325 e. The first kappa shape index (κ1) is 18.3. The number of nitrogens with zero attached hydrogens (tertiary/aromatic N) is 2. The van der Waals surface area contributed by atoms with Crippen molar-refractivity contribution in [2.24, 2.45) is 5.92 Å². The SMILES string of the molecule is CC[C@@H](C)c1ccc(NC(=O)[C@@H](C#N)C(=O)c2cncc(F)c2)cc1. The minimum atomic E-state index is -1.57. The molecule has 0 saturated heterocycles. The Bertz CT molecular complexity index is 812. The van der Waals surface area contributed by atoms with Gasteiger partial charge in [-0.05, 0) is 36.1 Å². The van der Waals surface area contributed by atoms with Gasteiger partial charge >= 0.3 is 0 Å². The van der Waals surface area contributed by atoms with Crippen molar-refractivity contribution in [2.75, 3.05) is 5.32 Å². The molecule has 0 bridgehead atoms. The Morgan fingerprint density at radius 1 is 1.28 bits per heavy atom. The van der Waals surface area contributed by atoms with Crippen LogP contribution >= 0.6 is 0 Å². The molecular formula is C19H18FN3O2. The molecule has 1 heterocycles. The first-order chi connectivity index (χ1) is 12.0. The first-order valence-corrected chi connectivity index (χ1v) is 7.91. The van der Waals surface area contributed by atoms with Gasteiger partial charge in [0.25, 0.3) is 0 Å². The number of ketones is 1. The number of hydrogen-bond acceptors (Lipinski definition) is 4. The Morgan fingerprint density at radius 3 is 2.52 bits per heavy atom. The molecule has 2 atom stereocenters. The number of carbonyl (C=O) groups excluding carboxylic acids is 2. The number of hydrogen-bond donors (Lipinski definition) is 1. The van der Waals surface area contributed by atoms with Crippen LogP contribution in [0.15, 0.2) is 42.7 Å². The predicted molar refractivity (Wildman–Crippen MR) is 91.4 cm³/mol. The number of amides is 1. The fourth-order valence-corrected chi connectivity index (χ4v) is 2.29. The molecule has 0 aliphatic carbocycles. The van der Waals surface area contributed by atoms with E-state index in [1.54, 1.807) is 18.2 Å². The van der Waals surface area contributed by atoms with Crippen LogP contribution < -0.4 is 5.32 Å². The summed E-state index contributed by atoms with van der Waals surface area (Å²) in [4.78, 5) is 28.1. The van der Waals surface area contributed by atoms with Crippen LogP contribution in [0.4, 0.5) is 10.1 Å². The van der Waals surface area contributed by atoms with Gasteiger partial charge in [0.1, 0.15) is 5.82 Å². The van der Waals surface area contributed by atoms with Crippen molar-refractivity contribution in [1.29, 1.82) is 5.26 Å². The summed E-state index contributed by atoms with van der Waals surface area (Å²) in [6, 6.07) is 9.85. The minimum absolute atomic E-state index is 0.117. The largest absolute Gasteiger partial charge is 0.325 e. The van der Waals surface area contributed by atoms with E-state index >= 15 is 0 Å². The van der Waals surface area contributed by atoms with Crippen molar-refractivity contribution >= 4 is 17.4 Å². The third kappa shape index (κ3) is 4.48. The highest BCUT2D eigenvalue weighted by atomic mass is 19.1. The van der Waals surface area contributed by atoms with Gasteiger partial charge in [-0.25, -0.2) is 4.39 Å². The smallest absolute Gasteiger partial charge is 0.249 e. The second-order valence-electron chi connectivity index (χ2n) is 5.74. The van der Waals surface area contributed by atoms with E-state index in [4.69, 9.17) is 0 Å². The zero-order valence-corrected chi connectivity index (χ0v) is 14.0. The molecule has 0 spiro atoms. The monoisotopic (exact) mass is 339 g/mol. The summed E-state index contributed by atoms with van der Waals surface area (Å²) in [6.45, 7) is 4.19. The molecule has 128 valence electrons. The Balaban J connectivity index is 2.12. The average Bonchev–Trinajstić information content (AvgIpc) is 2.62. The molecular weight excluding hydrogens is 321 g/mol. The maximum Gasteiger partial charge on any atom is 0.249 e. The number of rotatable bonds is 6. The summed E-state index contributed by atoms with van der Waals surface area (Å²) in [6.07, 6.45) is 3.07. The molecule has 1 amide bonds. The standard InChI is InChI=1S/C19H18FN3O2/c1-3-12(2)13-4-6-16(7-5-13)23-19(25)17(9-21)18(24)14-8-15(20)11-22-10-14/h4-8,10-12,17H,3H2,1-2H3,(H,23,25)/t12-,17+/m1/s1. The molecule has 0 fully saturated rings. The van der Waals surface area contributed by atoms with E-state index in [0.29, 0.717) is 11.6 Å². The van der Waals surface area contributed by atoms with Crippen molar-refractivity contribution in [3.05, 3.63) is 59.7 Å². The number of benzene rings is 1. The van der Waals surface area contributed by atoms with Crippen molar-refractivity contribution in [2.45, 2.75) is 26.2 Å². The van der Waals surface area contributed by atoms with Crippen molar-refractivity contribution in [1.82, 2.24) is 4.98 Å². The summed E-state index contributed by atoms with van der Waals surface area (Å²) in [5, 5.41) is 11.7. The van der Waals surface area contributed by atoms with Gasteiger partial charge in [0.05, 0.1) is 12.3 Å². The highest BCUT2D eigenvalue weighted by Gasteiger charge is 2.28. The molecule has 25 heavy (non-hydrogen) atoms. The Labute approximate surface area is 145 Å². The van der Waals surface area contributed by atoms with E-state index in [0.717, 1.165) is 30.4 Å². The highest BCUT2D eigenvalue weighted by Crippen LogP contribution is 2.21. The van der Waals surface area contributed by atoms with Gasteiger partial charge in [0.15, 0.2) is 11.7 Å². The second kappa shape index (κ2) is 8.15. The Hall–Kier alpha value is -3.07. The van der Waals surface area contributed by atoms with Crippen LogP contribution in [0.3, 0.4) is 0 Å². The third-order valence-electron chi connectivity index (χ3n) is 4.00. The number of pyridine rings is 1.